The van der Waals surface area contributed by atoms with E-state index in [0.29, 0.717) is 0 Å². The lowest BCUT2D eigenvalue weighted by Crippen LogP contribution is -2.03. The van der Waals surface area contributed by atoms with E-state index < -0.39 is 5.97 Å². The van der Waals surface area contributed by atoms with Crippen LogP contribution in [-0.2, 0) is 4.79 Å². The number of nitrogens with zero attached hydrogens (tertiary/aromatic N) is 1. The molecular formula is C20H35NO2. The standard InChI is InChI=1S/C20H35NO2/c1-3-5-7-9-11-13-15-18(19(17-21)20(22)23)16-14-12-10-8-6-4-2/h3-16H2,1-2H3,(H,22,23). The van der Waals surface area contributed by atoms with E-state index in [1.807, 2.05) is 6.07 Å². The van der Waals surface area contributed by atoms with Gasteiger partial charge in [-0.2, -0.15) is 5.26 Å². The molecule has 3 heteroatoms. The van der Waals surface area contributed by atoms with E-state index in [2.05, 4.69) is 13.8 Å². The molecule has 0 amide bonds. The highest BCUT2D eigenvalue weighted by atomic mass is 16.4. The largest absolute Gasteiger partial charge is 0.477 e. The Balaban J connectivity index is 4.26. The molecule has 0 aromatic heterocycles. The summed E-state index contributed by atoms with van der Waals surface area (Å²) >= 11 is 0. The van der Waals surface area contributed by atoms with Gasteiger partial charge in [-0.1, -0.05) is 78.1 Å². The smallest absolute Gasteiger partial charge is 0.346 e. The molecule has 0 aliphatic heterocycles. The Bertz CT molecular complexity index is 362. The van der Waals surface area contributed by atoms with Gasteiger partial charge in [-0.15, -0.1) is 0 Å². The Morgan fingerprint density at radius 3 is 1.52 bits per heavy atom. The minimum Gasteiger partial charge on any atom is -0.477 e. The van der Waals surface area contributed by atoms with E-state index in [1.165, 1.54) is 51.4 Å². The maximum atomic E-state index is 11.2. The summed E-state index contributed by atoms with van der Waals surface area (Å²) in [7, 11) is 0. The normalized spacial score (nSPS) is 10.3. The Morgan fingerprint density at radius 2 is 1.17 bits per heavy atom. The molecule has 3 nitrogen and oxygen atoms in total. The van der Waals surface area contributed by atoms with Crippen molar-refractivity contribution in [3.8, 4) is 6.07 Å². The first-order chi connectivity index (χ1) is 11.2. The van der Waals surface area contributed by atoms with Gasteiger partial charge < -0.3 is 5.11 Å². The molecule has 0 fully saturated rings. The molecule has 0 aromatic carbocycles. The number of hydrogen-bond donors (Lipinski definition) is 1. The topological polar surface area (TPSA) is 61.1 Å². The number of rotatable bonds is 15. The Labute approximate surface area is 142 Å². The molecule has 0 rings (SSSR count). The molecule has 0 heterocycles. The molecule has 0 aliphatic carbocycles. The summed E-state index contributed by atoms with van der Waals surface area (Å²) in [5.74, 6) is -1.06. The van der Waals surface area contributed by atoms with E-state index in [-0.39, 0.29) is 5.57 Å². The number of allylic oxidation sites excluding steroid dienone is 1. The van der Waals surface area contributed by atoms with Crippen LogP contribution in [0.5, 0.6) is 0 Å². The second-order valence-corrected chi connectivity index (χ2v) is 6.43. The van der Waals surface area contributed by atoms with Gasteiger partial charge in [0.1, 0.15) is 11.6 Å². The highest BCUT2D eigenvalue weighted by Crippen LogP contribution is 2.21. The molecule has 0 bridgehead atoms. The van der Waals surface area contributed by atoms with Gasteiger partial charge in [0.2, 0.25) is 0 Å². The third kappa shape index (κ3) is 11.9. The molecule has 0 aliphatic rings. The van der Waals surface area contributed by atoms with Crippen LogP contribution < -0.4 is 0 Å². The van der Waals surface area contributed by atoms with Crippen molar-refractivity contribution < 1.29 is 9.90 Å². The van der Waals surface area contributed by atoms with Crippen molar-refractivity contribution in [3.05, 3.63) is 11.1 Å². The molecule has 132 valence electrons. The van der Waals surface area contributed by atoms with E-state index in [4.69, 9.17) is 5.26 Å². The highest BCUT2D eigenvalue weighted by molar-refractivity contribution is 5.92. The zero-order valence-electron chi connectivity index (χ0n) is 15.2. The summed E-state index contributed by atoms with van der Waals surface area (Å²) in [5.41, 5.74) is 0.859. The highest BCUT2D eigenvalue weighted by Gasteiger charge is 2.13. The molecule has 0 saturated carbocycles. The molecule has 0 aromatic rings. The molecule has 0 unspecified atom stereocenters. The van der Waals surface area contributed by atoms with Crippen molar-refractivity contribution in [2.45, 2.75) is 104 Å². The van der Waals surface area contributed by atoms with Crippen molar-refractivity contribution >= 4 is 5.97 Å². The second-order valence-electron chi connectivity index (χ2n) is 6.43. The molecule has 0 saturated heterocycles. The van der Waals surface area contributed by atoms with Crippen LogP contribution in [0.3, 0.4) is 0 Å². The molecule has 0 spiro atoms. The summed E-state index contributed by atoms with van der Waals surface area (Å²) in [6.07, 6.45) is 15.8. The summed E-state index contributed by atoms with van der Waals surface area (Å²) in [6, 6.07) is 1.90. The van der Waals surface area contributed by atoms with Crippen molar-refractivity contribution in [3.63, 3.8) is 0 Å². The van der Waals surface area contributed by atoms with Crippen molar-refractivity contribution in [2.24, 2.45) is 0 Å². The number of unbranched alkanes of at least 4 members (excludes halogenated alkanes) is 10. The predicted molar refractivity (Wildman–Crippen MR) is 96.3 cm³/mol. The Hall–Kier alpha value is -1.30. The number of carboxylic acids is 1. The summed E-state index contributed by atoms with van der Waals surface area (Å²) < 4.78 is 0. The summed E-state index contributed by atoms with van der Waals surface area (Å²) in [6.45, 7) is 4.40. The minimum atomic E-state index is -1.06. The van der Waals surface area contributed by atoms with Crippen LogP contribution in [-0.4, -0.2) is 11.1 Å². The lowest BCUT2D eigenvalue weighted by atomic mass is 9.95. The van der Waals surface area contributed by atoms with Crippen LogP contribution in [0.25, 0.3) is 0 Å². The number of hydrogen-bond acceptors (Lipinski definition) is 2. The first-order valence-corrected chi connectivity index (χ1v) is 9.52. The first kappa shape index (κ1) is 21.7. The SMILES string of the molecule is CCCCCCCCC(CCCCCCCC)=C(C#N)C(=O)O. The first-order valence-electron chi connectivity index (χ1n) is 9.52. The van der Waals surface area contributed by atoms with Crippen LogP contribution in [0.2, 0.25) is 0 Å². The van der Waals surface area contributed by atoms with E-state index in [9.17, 15) is 9.90 Å². The van der Waals surface area contributed by atoms with Gasteiger partial charge in [-0.25, -0.2) is 4.79 Å². The fourth-order valence-electron chi connectivity index (χ4n) is 2.89. The third-order valence-electron chi connectivity index (χ3n) is 4.34. The van der Waals surface area contributed by atoms with Crippen molar-refractivity contribution in [1.82, 2.24) is 0 Å². The second kappa shape index (κ2) is 15.6. The molecular weight excluding hydrogens is 286 g/mol. The zero-order chi connectivity index (χ0) is 17.3. The molecule has 0 radical (unpaired) electrons. The van der Waals surface area contributed by atoms with Crippen LogP contribution >= 0.6 is 0 Å². The average molecular weight is 322 g/mol. The monoisotopic (exact) mass is 321 g/mol. The number of carboxylic acid groups (broad SMARTS) is 1. The third-order valence-corrected chi connectivity index (χ3v) is 4.34. The quantitative estimate of drug-likeness (QED) is 0.216. The van der Waals surface area contributed by atoms with E-state index in [1.54, 1.807) is 0 Å². The van der Waals surface area contributed by atoms with Gasteiger partial charge in [0.25, 0.3) is 0 Å². The van der Waals surface area contributed by atoms with Gasteiger partial charge in [-0.05, 0) is 31.3 Å². The number of aliphatic carboxylic acids is 1. The number of nitriles is 1. The lowest BCUT2D eigenvalue weighted by Gasteiger charge is -2.09. The van der Waals surface area contributed by atoms with Gasteiger partial charge in [0.05, 0.1) is 0 Å². The lowest BCUT2D eigenvalue weighted by molar-refractivity contribution is -0.132. The van der Waals surface area contributed by atoms with Gasteiger partial charge in [-0.3, -0.25) is 0 Å². The Kier molecular flexibility index (Phi) is 14.7. The van der Waals surface area contributed by atoms with Crippen LogP contribution in [0.1, 0.15) is 104 Å². The van der Waals surface area contributed by atoms with E-state index in [0.717, 1.165) is 44.1 Å². The minimum absolute atomic E-state index is 0.00730. The van der Waals surface area contributed by atoms with Crippen molar-refractivity contribution in [2.75, 3.05) is 0 Å². The molecule has 0 atom stereocenters. The van der Waals surface area contributed by atoms with Gasteiger partial charge >= 0.3 is 5.97 Å². The fraction of sp³-hybridized carbons (Fsp3) is 0.800. The maximum absolute atomic E-state index is 11.2. The van der Waals surface area contributed by atoms with Gasteiger partial charge in [0.15, 0.2) is 0 Å². The predicted octanol–water partition coefficient (Wildman–Crippen LogP) is 6.39. The zero-order valence-corrected chi connectivity index (χ0v) is 15.2. The maximum Gasteiger partial charge on any atom is 0.346 e. The average Bonchev–Trinajstić information content (AvgIpc) is 2.53. The van der Waals surface area contributed by atoms with E-state index >= 15 is 0 Å². The molecule has 1 N–H and O–H groups in total. The van der Waals surface area contributed by atoms with Crippen LogP contribution in [0.15, 0.2) is 11.1 Å². The van der Waals surface area contributed by atoms with Gasteiger partial charge in [0, 0.05) is 0 Å². The summed E-state index contributed by atoms with van der Waals surface area (Å²) in [4.78, 5) is 11.2. The van der Waals surface area contributed by atoms with Crippen LogP contribution in [0, 0.1) is 11.3 Å². The molecule has 23 heavy (non-hydrogen) atoms. The fourth-order valence-corrected chi connectivity index (χ4v) is 2.89. The Morgan fingerprint density at radius 1 is 0.783 bits per heavy atom. The summed E-state index contributed by atoms with van der Waals surface area (Å²) in [5, 5.41) is 18.3. The van der Waals surface area contributed by atoms with Crippen molar-refractivity contribution in [1.29, 1.82) is 5.26 Å². The van der Waals surface area contributed by atoms with Crippen LogP contribution in [0.4, 0.5) is 0 Å². The number of carbonyl (C=O) groups is 1.